The fourth-order valence-corrected chi connectivity index (χ4v) is 1.64. The second kappa shape index (κ2) is 5.45. The summed E-state index contributed by atoms with van der Waals surface area (Å²) in [6.45, 7) is -0.599. The van der Waals surface area contributed by atoms with E-state index in [9.17, 15) is 13.2 Å². The minimum Gasteiger partial charge on any atom is -0.493 e. The number of hydrogen-bond acceptors (Lipinski definition) is 4. The van der Waals surface area contributed by atoms with Crippen LogP contribution in [-0.2, 0) is 6.18 Å². The summed E-state index contributed by atoms with van der Waals surface area (Å²) in [5.74, 6) is -0.481. The van der Waals surface area contributed by atoms with Gasteiger partial charge < -0.3 is 20.3 Å². The molecule has 0 fully saturated rings. The van der Waals surface area contributed by atoms with Gasteiger partial charge in [0.2, 0.25) is 0 Å². The van der Waals surface area contributed by atoms with Gasteiger partial charge in [-0.15, -0.1) is 0 Å². The Morgan fingerprint density at radius 3 is 2.28 bits per heavy atom. The van der Waals surface area contributed by atoms with Gasteiger partial charge in [0, 0.05) is 0 Å². The van der Waals surface area contributed by atoms with Gasteiger partial charge in [-0.1, -0.05) is 6.07 Å². The lowest BCUT2D eigenvalue weighted by Gasteiger charge is -2.21. The van der Waals surface area contributed by atoms with E-state index in [2.05, 4.69) is 0 Å². The second-order valence-electron chi connectivity index (χ2n) is 3.55. The van der Waals surface area contributed by atoms with Crippen LogP contribution in [0.2, 0.25) is 0 Å². The molecule has 0 unspecified atom stereocenters. The molecule has 0 saturated heterocycles. The van der Waals surface area contributed by atoms with Crippen molar-refractivity contribution < 1.29 is 27.8 Å². The van der Waals surface area contributed by atoms with Crippen molar-refractivity contribution in [3.8, 4) is 11.5 Å². The summed E-state index contributed by atoms with van der Waals surface area (Å²) < 4.78 is 48.7. The predicted octanol–water partition coefficient (Wildman–Crippen LogP) is 1.71. The number of aliphatic hydroxyl groups excluding tert-OH is 1. The van der Waals surface area contributed by atoms with Crippen molar-refractivity contribution in [1.29, 1.82) is 0 Å². The van der Waals surface area contributed by atoms with E-state index >= 15 is 0 Å². The summed E-state index contributed by atoms with van der Waals surface area (Å²) in [6.07, 6.45) is -4.65. The third kappa shape index (κ3) is 2.68. The normalized spacial score (nSPS) is 13.3. The van der Waals surface area contributed by atoms with E-state index < -0.39 is 30.1 Å². The van der Waals surface area contributed by atoms with E-state index in [0.717, 1.165) is 7.11 Å². The summed E-state index contributed by atoms with van der Waals surface area (Å²) in [5, 5.41) is 8.90. The van der Waals surface area contributed by atoms with Crippen molar-refractivity contribution >= 4 is 0 Å². The summed E-state index contributed by atoms with van der Waals surface area (Å²) in [4.78, 5) is 0. The Morgan fingerprint density at radius 2 is 1.89 bits per heavy atom. The van der Waals surface area contributed by atoms with Crippen LogP contribution in [0, 0.1) is 0 Å². The Balaban J connectivity index is 3.55. The number of alkyl halides is 3. The van der Waals surface area contributed by atoms with Crippen LogP contribution in [0.25, 0.3) is 0 Å². The quantitative estimate of drug-likeness (QED) is 0.870. The molecule has 0 heterocycles. The highest BCUT2D eigenvalue weighted by Gasteiger charge is 2.39. The molecule has 102 valence electrons. The number of rotatable bonds is 4. The molecule has 0 aliphatic rings. The number of benzene rings is 1. The molecule has 0 radical (unpaired) electrons. The van der Waals surface area contributed by atoms with E-state index in [1.165, 1.54) is 19.2 Å². The standard InChI is InChI=1S/C11H14F3NO3/c1-17-8-4-3-6(7(15)5-16)9(10(8)18-2)11(12,13)14/h3-4,7,16H,5,15H2,1-2H3/t7-/m1/s1. The lowest BCUT2D eigenvalue weighted by Crippen LogP contribution is -2.21. The Bertz CT molecular complexity index is 421. The zero-order valence-electron chi connectivity index (χ0n) is 9.91. The lowest BCUT2D eigenvalue weighted by atomic mass is 9.99. The van der Waals surface area contributed by atoms with Gasteiger partial charge in [-0.05, 0) is 11.6 Å². The fraction of sp³-hybridized carbons (Fsp3) is 0.455. The maximum atomic E-state index is 13.0. The van der Waals surface area contributed by atoms with Crippen molar-refractivity contribution in [3.05, 3.63) is 23.3 Å². The van der Waals surface area contributed by atoms with Gasteiger partial charge in [0.1, 0.15) is 5.56 Å². The van der Waals surface area contributed by atoms with Gasteiger partial charge in [0.15, 0.2) is 11.5 Å². The van der Waals surface area contributed by atoms with E-state index in [1.54, 1.807) is 0 Å². The van der Waals surface area contributed by atoms with Crippen LogP contribution < -0.4 is 15.2 Å². The van der Waals surface area contributed by atoms with E-state index in [1.807, 2.05) is 0 Å². The molecule has 0 spiro atoms. The zero-order valence-corrected chi connectivity index (χ0v) is 9.91. The van der Waals surface area contributed by atoms with Crippen molar-refractivity contribution in [2.24, 2.45) is 5.73 Å². The number of methoxy groups -OCH3 is 2. The smallest absolute Gasteiger partial charge is 0.420 e. The van der Waals surface area contributed by atoms with E-state index in [4.69, 9.17) is 20.3 Å². The van der Waals surface area contributed by atoms with Gasteiger partial charge in [0.25, 0.3) is 0 Å². The first-order valence-electron chi connectivity index (χ1n) is 5.05. The summed E-state index contributed by atoms with van der Waals surface area (Å²) >= 11 is 0. The van der Waals surface area contributed by atoms with Crippen LogP contribution in [0.15, 0.2) is 12.1 Å². The zero-order chi connectivity index (χ0) is 13.9. The number of nitrogens with two attached hydrogens (primary N) is 1. The van der Waals surface area contributed by atoms with Crippen molar-refractivity contribution in [2.75, 3.05) is 20.8 Å². The molecule has 1 aromatic carbocycles. The second-order valence-corrected chi connectivity index (χ2v) is 3.55. The largest absolute Gasteiger partial charge is 0.493 e. The SMILES string of the molecule is COc1ccc([C@H](N)CO)c(C(F)(F)F)c1OC. The first kappa shape index (κ1) is 14.6. The highest BCUT2D eigenvalue weighted by Crippen LogP contribution is 2.44. The molecular weight excluding hydrogens is 251 g/mol. The van der Waals surface area contributed by atoms with Crippen LogP contribution in [-0.4, -0.2) is 25.9 Å². The highest BCUT2D eigenvalue weighted by atomic mass is 19.4. The Labute approximate surface area is 102 Å². The van der Waals surface area contributed by atoms with Crippen molar-refractivity contribution in [1.82, 2.24) is 0 Å². The number of ether oxygens (including phenoxy) is 2. The average molecular weight is 265 g/mol. The summed E-state index contributed by atoms with van der Waals surface area (Å²) in [6, 6.07) is 1.35. The first-order valence-corrected chi connectivity index (χ1v) is 5.05. The molecule has 18 heavy (non-hydrogen) atoms. The maximum Gasteiger partial charge on any atom is 0.420 e. The lowest BCUT2D eigenvalue weighted by molar-refractivity contribution is -0.139. The van der Waals surface area contributed by atoms with Gasteiger partial charge in [-0.25, -0.2) is 0 Å². The average Bonchev–Trinajstić information content (AvgIpc) is 2.34. The third-order valence-electron chi connectivity index (χ3n) is 2.46. The molecule has 0 aliphatic carbocycles. The molecule has 4 nitrogen and oxygen atoms in total. The topological polar surface area (TPSA) is 64.7 Å². The van der Waals surface area contributed by atoms with Crippen LogP contribution >= 0.6 is 0 Å². The van der Waals surface area contributed by atoms with Crippen LogP contribution in [0.1, 0.15) is 17.2 Å². The van der Waals surface area contributed by atoms with Crippen LogP contribution in [0.5, 0.6) is 11.5 Å². The Kier molecular flexibility index (Phi) is 4.42. The first-order chi connectivity index (χ1) is 8.36. The van der Waals surface area contributed by atoms with Gasteiger partial charge >= 0.3 is 6.18 Å². The number of hydrogen-bond donors (Lipinski definition) is 2. The monoisotopic (exact) mass is 265 g/mol. The van der Waals surface area contributed by atoms with Crippen molar-refractivity contribution in [3.63, 3.8) is 0 Å². The predicted molar refractivity (Wildman–Crippen MR) is 58.6 cm³/mol. The van der Waals surface area contributed by atoms with Crippen LogP contribution in [0.3, 0.4) is 0 Å². The van der Waals surface area contributed by atoms with Gasteiger partial charge in [-0.3, -0.25) is 0 Å². The van der Waals surface area contributed by atoms with Gasteiger partial charge in [0.05, 0.1) is 26.9 Å². The molecular formula is C11H14F3NO3. The van der Waals surface area contributed by atoms with Crippen molar-refractivity contribution in [2.45, 2.75) is 12.2 Å². The molecule has 1 atom stereocenters. The molecule has 1 aromatic rings. The molecule has 0 bridgehead atoms. The fourth-order valence-electron chi connectivity index (χ4n) is 1.64. The molecule has 0 saturated carbocycles. The molecule has 3 N–H and O–H groups in total. The molecule has 0 aromatic heterocycles. The van der Waals surface area contributed by atoms with E-state index in [-0.39, 0.29) is 11.3 Å². The Morgan fingerprint density at radius 1 is 1.28 bits per heavy atom. The third-order valence-corrected chi connectivity index (χ3v) is 2.46. The summed E-state index contributed by atoms with van der Waals surface area (Å²) in [7, 11) is 2.35. The number of aliphatic hydroxyl groups is 1. The minimum absolute atomic E-state index is 0.0429. The van der Waals surface area contributed by atoms with Crippen LogP contribution in [0.4, 0.5) is 13.2 Å². The summed E-state index contributed by atoms with van der Waals surface area (Å²) in [5.41, 5.74) is 4.20. The molecule has 0 amide bonds. The molecule has 0 aliphatic heterocycles. The number of halogens is 3. The minimum atomic E-state index is -4.65. The highest BCUT2D eigenvalue weighted by molar-refractivity contribution is 5.53. The molecule has 7 heteroatoms. The molecule has 1 rings (SSSR count). The van der Waals surface area contributed by atoms with E-state index in [0.29, 0.717) is 0 Å². The maximum absolute atomic E-state index is 13.0. The Hall–Kier alpha value is -1.47. The van der Waals surface area contributed by atoms with Gasteiger partial charge in [-0.2, -0.15) is 13.2 Å².